The summed E-state index contributed by atoms with van der Waals surface area (Å²) in [6.45, 7) is 3.78. The molecule has 18 heteroatoms. The summed E-state index contributed by atoms with van der Waals surface area (Å²) in [6.07, 6.45) is 37.1. The standard InChI is InChI=1S/C15H14O2.C12H10.C10H8.C9H9N3.C9H17N.C9H7N.2C8H7N.C8H6O.C7H5NS.C6H6.C5H11N.C5H5N.C4H4N2.C3H4N2.13CH4/c1-17-15(16)11-12-7-9-14(10-8-12)13-5-3-2-4-6-13;1-3-7-11(8-4-1)12-9-5-2-6-10-12;1-2-6-10-8-4-3-7-9(10)5-1;1-12-7-9(10-11-12)8-5-3-2-4-6-8;2*1-2-6-9-8(4-1)5-3-7-10-9;3*1-2-4-8-7(3-1)5-6-9-8;1-2-4-7-6(3-1)8-5-9-7;3*1-2-4-6-5-3-1;1-2-5-4-6-3-1;1-2-5-3-4-1;;;;;;;;;;;;;/h2-10H,11H2,1H3;1-10H;1-8H;2-7H,1H3;8-10H,1-7H2;1-7H;1-4,6H,5H2;1-6,9H;1-6H;1-5H;1-6H;6H,1-5H2;1-5H;1-4H;1-3H,(H,4,5);13*1H4. The first-order chi connectivity index (χ1) is 67.4. The molecule has 0 spiro atoms. The Bertz CT molecular complexity index is 5920. The van der Waals surface area contributed by atoms with E-state index in [9.17, 15) is 4.79 Å². The van der Waals surface area contributed by atoms with Gasteiger partial charge in [0, 0.05) is 97.2 Å². The second kappa shape index (κ2) is 85.4. The largest absolute Gasteiger partial charge is 0.469 e. The molecule has 3 fully saturated rings. The summed E-state index contributed by atoms with van der Waals surface area (Å²) in [4.78, 5) is 44.3. The van der Waals surface area contributed by atoms with Crippen molar-refractivity contribution in [2.45, 2.75) is 173 Å². The highest BCUT2D eigenvalue weighted by molar-refractivity contribution is 7.16. The summed E-state index contributed by atoms with van der Waals surface area (Å²) in [5.41, 5.74) is 16.5. The molecule has 13 aromatic carbocycles. The molecular formula is C131H172N14O3S. The Balaban J connectivity index is -0.00000154. The van der Waals surface area contributed by atoms with Gasteiger partial charge in [0.1, 0.15) is 17.6 Å². The Kier molecular flexibility index (Phi) is 78.7. The number of piperidine rings is 2. The van der Waals surface area contributed by atoms with Crippen molar-refractivity contribution < 1.29 is 13.9 Å². The molecule has 790 valence electrons. The third-order valence-electron chi connectivity index (χ3n) is 21.3. The third-order valence-corrected chi connectivity index (χ3v) is 22.2. The number of para-hydroxylation sites is 5. The van der Waals surface area contributed by atoms with E-state index in [0.717, 1.165) is 68.5 Å². The minimum atomic E-state index is -0.211. The number of thiazole rings is 1. The van der Waals surface area contributed by atoms with Crippen LogP contribution in [-0.2, 0) is 29.4 Å². The van der Waals surface area contributed by atoms with Crippen molar-refractivity contribution in [2.75, 3.05) is 26.7 Å². The molecule has 8 aromatic heterocycles. The Morgan fingerprint density at radius 2 is 0.879 bits per heavy atom. The fourth-order valence-electron chi connectivity index (χ4n) is 14.4. The van der Waals surface area contributed by atoms with Gasteiger partial charge in [0.05, 0.1) is 59.2 Å². The number of rotatable bonds is 5. The Morgan fingerprint density at radius 1 is 0.396 bits per heavy atom. The number of aliphatic imine (C=N–C) groups is 1. The summed E-state index contributed by atoms with van der Waals surface area (Å²) < 4.78 is 12.7. The summed E-state index contributed by atoms with van der Waals surface area (Å²) in [7, 11) is 3.26. The lowest BCUT2D eigenvalue weighted by atomic mass is 9.80. The maximum atomic E-state index is 11.1. The highest BCUT2D eigenvalue weighted by Gasteiger charge is 2.26. The number of aromatic nitrogens is 11. The van der Waals surface area contributed by atoms with E-state index < -0.39 is 0 Å². The molecule has 21 aromatic rings. The number of pyridine rings is 2. The van der Waals surface area contributed by atoms with E-state index in [1.165, 1.54) is 145 Å². The number of esters is 1. The number of carbonyl (C=O) groups excluding carboxylic acids is 1. The van der Waals surface area contributed by atoms with Gasteiger partial charge >= 0.3 is 5.97 Å². The number of benzene rings is 13. The van der Waals surface area contributed by atoms with Crippen LogP contribution in [0.3, 0.4) is 0 Å². The zero-order valence-electron chi connectivity index (χ0n) is 77.3. The molecule has 3 aliphatic heterocycles. The number of imidazole rings is 1. The van der Waals surface area contributed by atoms with Crippen LogP contribution in [-0.4, -0.2) is 99.8 Å². The first kappa shape index (κ1) is 137. The van der Waals surface area contributed by atoms with Crippen LogP contribution in [0.15, 0.2) is 490 Å². The van der Waals surface area contributed by atoms with Gasteiger partial charge in [0.25, 0.3) is 0 Å². The number of hydrogen-bond acceptors (Lipinski definition) is 15. The predicted octanol–water partition coefficient (Wildman–Crippen LogP) is 36.4. The number of methoxy groups -OCH3 is 1. The number of fused-ring (bicyclic) bond motifs is 7. The van der Waals surface area contributed by atoms with Crippen LogP contribution >= 0.6 is 11.3 Å². The van der Waals surface area contributed by atoms with Gasteiger partial charge in [0.15, 0.2) is 0 Å². The number of ether oxygens (including phenoxy) is 1. The van der Waals surface area contributed by atoms with Gasteiger partial charge in [-0.2, -0.15) is 0 Å². The quantitative estimate of drug-likeness (QED) is 0.118. The molecule has 2 atom stereocenters. The van der Waals surface area contributed by atoms with E-state index in [-0.39, 0.29) is 103 Å². The monoisotopic (exact) mass is 2020 g/mol. The molecular weight excluding hydrogens is 1850 g/mol. The average Bonchev–Trinajstić information content (AvgIpc) is 1.77. The number of furan rings is 1. The molecule has 2 saturated heterocycles. The molecule has 2 unspecified atom stereocenters. The van der Waals surface area contributed by atoms with E-state index in [0.29, 0.717) is 6.42 Å². The van der Waals surface area contributed by atoms with Crippen LogP contribution in [0.25, 0.3) is 87.3 Å². The van der Waals surface area contributed by atoms with Crippen molar-refractivity contribution in [1.82, 2.24) is 65.5 Å². The molecule has 149 heavy (non-hydrogen) atoms. The summed E-state index contributed by atoms with van der Waals surface area (Å²) in [5, 5.41) is 21.0. The highest BCUT2D eigenvalue weighted by atomic mass is 32.1. The predicted molar refractivity (Wildman–Crippen MR) is 653 cm³/mol. The third kappa shape index (κ3) is 53.7. The van der Waals surface area contributed by atoms with Crippen molar-refractivity contribution in [3.8, 4) is 33.5 Å². The minimum absolute atomic E-state index is 0. The van der Waals surface area contributed by atoms with Crippen molar-refractivity contribution in [3.05, 3.63) is 492 Å². The van der Waals surface area contributed by atoms with Crippen LogP contribution in [0, 0.1) is 5.92 Å². The lowest BCUT2D eigenvalue weighted by Crippen LogP contribution is -2.42. The van der Waals surface area contributed by atoms with Crippen molar-refractivity contribution in [2.24, 2.45) is 18.0 Å². The number of nitrogens with one attached hydrogen (secondary N) is 4. The normalized spacial score (nSPS) is 11.7. The second-order valence-electron chi connectivity index (χ2n) is 31.1. The SMILES string of the molecule is C.C.C.C.C.C.C.C.C.C.C.C.C.C1=Nc2ccccc2C1.C1CCC2NCCCC2C1.C1CCNCC1.COC(=O)Cc1ccc(-c2ccccc2)cc1.Cn1cc(-c2ccccc2)nn1.c1c[nH]cn1.c1ccc(-c2ccccc2)cc1.c1ccc2[nH]ccc2c1.c1ccc2ccccc2c1.c1ccc2ncccc2c1.c1ccc2occc2c1.c1ccc2scnc2c1.c1ccccc1.c1ccncc1.c1cncnc1. The number of H-pyrrole nitrogens is 2. The van der Waals surface area contributed by atoms with E-state index in [1.807, 2.05) is 280 Å². The maximum absolute atomic E-state index is 11.1. The zero-order valence-corrected chi connectivity index (χ0v) is 78.2. The van der Waals surface area contributed by atoms with Gasteiger partial charge in [-0.05, 0) is 186 Å². The molecule has 17 nitrogen and oxygen atoms in total. The summed E-state index contributed by atoms with van der Waals surface area (Å²) in [5.74, 6) is 0.833. The summed E-state index contributed by atoms with van der Waals surface area (Å²) >= 11 is 1.68. The molecule has 25 rings (SSSR count). The van der Waals surface area contributed by atoms with Gasteiger partial charge in [-0.15, -0.1) is 16.4 Å². The molecule has 0 amide bonds. The Morgan fingerprint density at radius 3 is 1.34 bits per heavy atom. The van der Waals surface area contributed by atoms with Gasteiger partial charge in [-0.25, -0.2) is 19.9 Å². The first-order valence-corrected chi connectivity index (χ1v) is 47.0. The van der Waals surface area contributed by atoms with E-state index >= 15 is 0 Å². The fourth-order valence-corrected chi connectivity index (χ4v) is 15.1. The smallest absolute Gasteiger partial charge is 0.309 e. The Hall–Kier alpha value is -15.9. The van der Waals surface area contributed by atoms with Crippen LogP contribution < -0.4 is 10.6 Å². The molecule has 1 aliphatic carbocycles. The topological polar surface area (TPSA) is 215 Å². The number of aryl methyl sites for hydroxylation is 1. The fraction of sp³-hybridized carbons (Fsp3) is 0.237. The molecule has 4 aliphatic rings. The molecule has 0 radical (unpaired) electrons. The van der Waals surface area contributed by atoms with Crippen LogP contribution in [0.1, 0.15) is 165 Å². The van der Waals surface area contributed by atoms with Gasteiger partial charge in [-0.3, -0.25) is 24.4 Å². The molecule has 0 bridgehead atoms. The number of hydrogen-bond donors (Lipinski definition) is 4. The second-order valence-corrected chi connectivity index (χ2v) is 32.0. The van der Waals surface area contributed by atoms with Crippen LogP contribution in [0.4, 0.5) is 5.69 Å². The number of carbonyl (C=O) groups is 1. The molecule has 11 heterocycles. The number of aromatic amines is 2. The molecule has 1 saturated carbocycles. The Labute approximate surface area is 899 Å². The lowest BCUT2D eigenvalue weighted by molar-refractivity contribution is -0.139. The number of nitrogens with zero attached hydrogens (tertiary/aromatic N) is 10. The van der Waals surface area contributed by atoms with Gasteiger partial charge < -0.3 is 29.8 Å². The van der Waals surface area contributed by atoms with Crippen LogP contribution in [0.2, 0.25) is 0 Å². The highest BCUT2D eigenvalue weighted by Crippen LogP contribution is 2.31. The van der Waals surface area contributed by atoms with E-state index in [2.05, 4.69) is 222 Å². The maximum Gasteiger partial charge on any atom is 0.309 e. The minimum Gasteiger partial charge on any atom is -0.469 e. The van der Waals surface area contributed by atoms with Crippen molar-refractivity contribution >= 4 is 83.0 Å². The first-order valence-electron chi connectivity index (χ1n) is 46.1. The average molecular weight is 2020 g/mol. The van der Waals surface area contributed by atoms with Crippen molar-refractivity contribution in [1.29, 1.82) is 0 Å². The summed E-state index contributed by atoms with van der Waals surface area (Å²) in [6, 6.07) is 135. The molecule has 4 N–H and O–H groups in total. The van der Waals surface area contributed by atoms with Crippen LogP contribution in [0.5, 0.6) is 0 Å². The van der Waals surface area contributed by atoms with E-state index in [1.54, 1.807) is 71.9 Å². The van der Waals surface area contributed by atoms with Crippen molar-refractivity contribution in [3.63, 3.8) is 0 Å². The van der Waals surface area contributed by atoms with Gasteiger partial charge in [-0.1, -0.05) is 449 Å². The zero-order chi connectivity index (χ0) is 94.1. The van der Waals surface area contributed by atoms with E-state index in [4.69, 9.17) is 4.42 Å². The lowest BCUT2D eigenvalue weighted by Gasteiger charge is -2.36. The van der Waals surface area contributed by atoms with Gasteiger partial charge in [0.2, 0.25) is 0 Å².